The van der Waals surface area contributed by atoms with Crippen LogP contribution in [-0.4, -0.2) is 5.91 Å². The summed E-state index contributed by atoms with van der Waals surface area (Å²) in [6.07, 6.45) is 6.26. The Bertz CT molecular complexity index is 384. The fourth-order valence-electron chi connectivity index (χ4n) is 2.16. The number of hydrogen-bond acceptors (Lipinski definition) is 1. The van der Waals surface area contributed by atoms with Crippen LogP contribution in [0, 0.1) is 0 Å². The van der Waals surface area contributed by atoms with E-state index in [1.807, 2.05) is 0 Å². The topological polar surface area (TPSA) is 29.1 Å². The first-order valence-electron chi connectivity index (χ1n) is 6.21. The van der Waals surface area contributed by atoms with E-state index in [0.717, 1.165) is 24.9 Å². The molecule has 1 aromatic rings. The van der Waals surface area contributed by atoms with Crippen molar-refractivity contribution in [2.45, 2.75) is 45.4 Å². The van der Waals surface area contributed by atoms with Crippen molar-refractivity contribution in [2.24, 2.45) is 0 Å². The van der Waals surface area contributed by atoms with Gasteiger partial charge < -0.3 is 5.32 Å². The number of fused-ring (bicyclic) bond motifs is 1. The molecule has 0 aliphatic carbocycles. The molecule has 0 fully saturated rings. The van der Waals surface area contributed by atoms with E-state index in [1.54, 1.807) is 0 Å². The monoisotopic (exact) mass is 217 g/mol. The Morgan fingerprint density at radius 1 is 1.31 bits per heavy atom. The number of carbonyl (C=O) groups excluding carboxylic acids is 1. The van der Waals surface area contributed by atoms with Crippen molar-refractivity contribution in [3.8, 4) is 0 Å². The van der Waals surface area contributed by atoms with Crippen molar-refractivity contribution >= 4 is 11.6 Å². The van der Waals surface area contributed by atoms with E-state index >= 15 is 0 Å². The number of anilines is 1. The Balaban J connectivity index is 2.17. The molecule has 86 valence electrons. The standard InChI is InChI=1S/C14H19NO/c1-2-3-5-11-8-9-13-12(10-11)6-4-7-14(16)15-13/h8-10H,2-7H2,1H3,(H,15,16). The molecule has 0 aromatic heterocycles. The van der Waals surface area contributed by atoms with Crippen molar-refractivity contribution < 1.29 is 4.79 Å². The van der Waals surface area contributed by atoms with Crippen molar-refractivity contribution in [1.29, 1.82) is 0 Å². The second-order valence-corrected chi connectivity index (χ2v) is 4.50. The molecule has 0 saturated heterocycles. The Morgan fingerprint density at radius 2 is 2.19 bits per heavy atom. The molecule has 0 atom stereocenters. The van der Waals surface area contributed by atoms with Gasteiger partial charge in [0, 0.05) is 12.1 Å². The molecule has 0 radical (unpaired) electrons. The quantitative estimate of drug-likeness (QED) is 0.827. The Labute approximate surface area is 97.1 Å². The summed E-state index contributed by atoms with van der Waals surface area (Å²) in [6, 6.07) is 6.46. The van der Waals surface area contributed by atoms with Gasteiger partial charge in [-0.05, 0) is 42.9 Å². The number of benzene rings is 1. The van der Waals surface area contributed by atoms with Gasteiger partial charge in [0.2, 0.25) is 5.91 Å². The SMILES string of the molecule is CCCCc1ccc2c(c1)CCCC(=O)N2. The zero-order valence-corrected chi connectivity index (χ0v) is 9.88. The average Bonchev–Trinajstić information content (AvgIpc) is 2.46. The number of hydrogen-bond donors (Lipinski definition) is 1. The average molecular weight is 217 g/mol. The smallest absolute Gasteiger partial charge is 0.224 e. The summed E-state index contributed by atoms with van der Waals surface area (Å²) in [4.78, 5) is 11.4. The van der Waals surface area contributed by atoms with Gasteiger partial charge in [-0.15, -0.1) is 0 Å². The highest BCUT2D eigenvalue weighted by Gasteiger charge is 2.12. The maximum Gasteiger partial charge on any atom is 0.224 e. The molecule has 0 unspecified atom stereocenters. The summed E-state index contributed by atoms with van der Waals surface area (Å²) >= 11 is 0. The minimum Gasteiger partial charge on any atom is -0.326 e. The fourth-order valence-corrected chi connectivity index (χ4v) is 2.16. The molecule has 1 amide bonds. The Morgan fingerprint density at radius 3 is 3.00 bits per heavy atom. The lowest BCUT2D eigenvalue weighted by atomic mass is 10.0. The van der Waals surface area contributed by atoms with E-state index in [9.17, 15) is 4.79 Å². The summed E-state index contributed by atoms with van der Waals surface area (Å²) in [5, 5.41) is 2.97. The number of aryl methyl sites for hydroxylation is 2. The van der Waals surface area contributed by atoms with Crippen molar-refractivity contribution in [1.82, 2.24) is 0 Å². The van der Waals surface area contributed by atoms with Gasteiger partial charge in [0.25, 0.3) is 0 Å². The van der Waals surface area contributed by atoms with Crippen LogP contribution in [0.5, 0.6) is 0 Å². The lowest BCUT2D eigenvalue weighted by molar-refractivity contribution is -0.116. The number of carbonyl (C=O) groups is 1. The highest BCUT2D eigenvalue weighted by Crippen LogP contribution is 2.23. The molecule has 1 heterocycles. The molecule has 0 bridgehead atoms. The second kappa shape index (κ2) is 5.15. The van der Waals surface area contributed by atoms with E-state index in [4.69, 9.17) is 0 Å². The van der Waals surface area contributed by atoms with Crippen molar-refractivity contribution in [2.75, 3.05) is 5.32 Å². The van der Waals surface area contributed by atoms with Crippen LogP contribution in [0.25, 0.3) is 0 Å². The molecular weight excluding hydrogens is 198 g/mol. The van der Waals surface area contributed by atoms with Crippen LogP contribution >= 0.6 is 0 Å². The third-order valence-corrected chi connectivity index (χ3v) is 3.11. The van der Waals surface area contributed by atoms with Gasteiger partial charge in [0.15, 0.2) is 0 Å². The van der Waals surface area contributed by atoms with Crippen LogP contribution < -0.4 is 5.32 Å². The minimum absolute atomic E-state index is 0.153. The summed E-state index contributed by atoms with van der Waals surface area (Å²) in [5.74, 6) is 0.153. The first-order chi connectivity index (χ1) is 7.79. The highest BCUT2D eigenvalue weighted by molar-refractivity contribution is 5.92. The first-order valence-corrected chi connectivity index (χ1v) is 6.21. The zero-order chi connectivity index (χ0) is 11.4. The second-order valence-electron chi connectivity index (χ2n) is 4.50. The molecular formula is C14H19NO. The molecule has 2 rings (SSSR count). The van der Waals surface area contributed by atoms with Gasteiger partial charge in [0.05, 0.1) is 0 Å². The third kappa shape index (κ3) is 2.63. The number of amides is 1. The summed E-state index contributed by atoms with van der Waals surface area (Å²) in [6.45, 7) is 2.21. The molecule has 0 saturated carbocycles. The molecule has 16 heavy (non-hydrogen) atoms. The number of nitrogens with one attached hydrogen (secondary N) is 1. The van der Waals surface area contributed by atoms with Gasteiger partial charge in [0.1, 0.15) is 0 Å². The Kier molecular flexibility index (Phi) is 3.60. The van der Waals surface area contributed by atoms with E-state index in [2.05, 4.69) is 30.4 Å². The molecule has 1 aromatic carbocycles. The molecule has 1 N–H and O–H groups in total. The van der Waals surface area contributed by atoms with Gasteiger partial charge in [-0.1, -0.05) is 25.5 Å². The molecule has 0 spiro atoms. The normalized spacial score (nSPS) is 15.2. The maximum atomic E-state index is 11.4. The van der Waals surface area contributed by atoms with Crippen LogP contribution in [0.3, 0.4) is 0 Å². The Hall–Kier alpha value is -1.31. The van der Waals surface area contributed by atoms with Crippen LogP contribution in [0.15, 0.2) is 18.2 Å². The van der Waals surface area contributed by atoms with E-state index in [1.165, 1.54) is 24.0 Å². The van der Waals surface area contributed by atoms with E-state index < -0.39 is 0 Å². The van der Waals surface area contributed by atoms with Crippen LogP contribution in [-0.2, 0) is 17.6 Å². The number of unbranched alkanes of at least 4 members (excludes halogenated alkanes) is 1. The van der Waals surface area contributed by atoms with E-state index in [0.29, 0.717) is 6.42 Å². The third-order valence-electron chi connectivity index (χ3n) is 3.11. The highest BCUT2D eigenvalue weighted by atomic mass is 16.1. The minimum atomic E-state index is 0.153. The van der Waals surface area contributed by atoms with Gasteiger partial charge in [-0.2, -0.15) is 0 Å². The molecule has 1 aliphatic rings. The van der Waals surface area contributed by atoms with Crippen LogP contribution in [0.1, 0.15) is 43.7 Å². The van der Waals surface area contributed by atoms with Crippen LogP contribution in [0.2, 0.25) is 0 Å². The van der Waals surface area contributed by atoms with Crippen LogP contribution in [0.4, 0.5) is 5.69 Å². The largest absolute Gasteiger partial charge is 0.326 e. The first kappa shape index (κ1) is 11.2. The maximum absolute atomic E-state index is 11.4. The zero-order valence-electron chi connectivity index (χ0n) is 9.88. The van der Waals surface area contributed by atoms with Crippen molar-refractivity contribution in [3.63, 3.8) is 0 Å². The lowest BCUT2D eigenvalue weighted by Gasteiger charge is -2.08. The van der Waals surface area contributed by atoms with E-state index in [-0.39, 0.29) is 5.91 Å². The van der Waals surface area contributed by atoms with Gasteiger partial charge in [-0.25, -0.2) is 0 Å². The van der Waals surface area contributed by atoms with Crippen molar-refractivity contribution in [3.05, 3.63) is 29.3 Å². The fraction of sp³-hybridized carbons (Fsp3) is 0.500. The predicted octanol–water partition coefficient (Wildman–Crippen LogP) is 3.30. The number of rotatable bonds is 3. The summed E-state index contributed by atoms with van der Waals surface area (Å²) in [7, 11) is 0. The lowest BCUT2D eigenvalue weighted by Crippen LogP contribution is -2.09. The molecule has 1 aliphatic heterocycles. The summed E-state index contributed by atoms with van der Waals surface area (Å²) in [5.41, 5.74) is 3.72. The van der Waals surface area contributed by atoms with Gasteiger partial charge in [-0.3, -0.25) is 4.79 Å². The predicted molar refractivity (Wildman–Crippen MR) is 66.6 cm³/mol. The van der Waals surface area contributed by atoms with Gasteiger partial charge >= 0.3 is 0 Å². The molecule has 2 nitrogen and oxygen atoms in total. The summed E-state index contributed by atoms with van der Waals surface area (Å²) < 4.78 is 0. The molecule has 2 heteroatoms.